The molecule has 5 nitrogen and oxygen atoms in total. The Morgan fingerprint density at radius 3 is 2.20 bits per heavy atom. The molecule has 0 aromatic rings. The van der Waals surface area contributed by atoms with Crippen molar-refractivity contribution in [1.82, 2.24) is 0 Å². The van der Waals surface area contributed by atoms with E-state index in [1.54, 1.807) is 0 Å². The number of hydrogen-bond acceptors (Lipinski definition) is 5. The Morgan fingerprint density at radius 1 is 1.40 bits per heavy atom. The summed E-state index contributed by atoms with van der Waals surface area (Å²) >= 11 is 0. The highest BCUT2D eigenvalue weighted by molar-refractivity contribution is 7.87. The van der Waals surface area contributed by atoms with Crippen LogP contribution >= 0.6 is 0 Å². The predicted octanol–water partition coefficient (Wildman–Crippen LogP) is 0.454. The Hall–Kier alpha value is -0.380. The summed E-state index contributed by atoms with van der Waals surface area (Å²) in [4.78, 5) is 0. The highest BCUT2D eigenvalue weighted by Crippen LogP contribution is 2.25. The van der Waals surface area contributed by atoms with Gasteiger partial charge in [0.05, 0.1) is 6.61 Å². The topological polar surface area (TPSA) is 72.8 Å². The van der Waals surface area contributed by atoms with Crippen molar-refractivity contribution in [2.45, 2.75) is 18.7 Å². The molecule has 0 saturated carbocycles. The van der Waals surface area contributed by atoms with E-state index < -0.39 is 34.4 Å². The minimum atomic E-state index is -5.60. The summed E-state index contributed by atoms with van der Waals surface area (Å²) in [6.45, 7) is 0.469. The number of ether oxygens (including phenoxy) is 1. The molecule has 0 aliphatic heterocycles. The van der Waals surface area contributed by atoms with Crippen LogP contribution in [0.1, 0.15) is 6.92 Å². The average Bonchev–Trinajstić information content (AvgIpc) is 2.11. The van der Waals surface area contributed by atoms with Gasteiger partial charge in [0.15, 0.2) is 6.29 Å². The molecule has 0 spiro atoms. The minimum Gasteiger partial charge on any atom is -0.368 e. The largest absolute Gasteiger partial charge is 0.523 e. The molecule has 92 valence electrons. The van der Waals surface area contributed by atoms with Gasteiger partial charge >= 0.3 is 15.6 Å². The smallest absolute Gasteiger partial charge is 0.368 e. The van der Waals surface area contributed by atoms with Crippen LogP contribution in [0.4, 0.5) is 13.2 Å². The summed E-state index contributed by atoms with van der Waals surface area (Å²) < 4.78 is 64.1. The fraction of sp³-hybridized carbons (Fsp3) is 1.00. The maximum atomic E-state index is 11.8. The molecule has 0 aromatic heterocycles. The van der Waals surface area contributed by atoms with Gasteiger partial charge in [-0.15, -0.1) is 0 Å². The maximum absolute atomic E-state index is 11.8. The molecule has 0 saturated heterocycles. The van der Waals surface area contributed by atoms with E-state index in [9.17, 15) is 21.6 Å². The third-order valence-electron chi connectivity index (χ3n) is 1.50. The standard InChI is InChI=1S/C6H11F3O5S/c1-4(5(10)13-2)3-14-15(11,12)6(7,8)9/h4-5,10H,3H2,1-2H3/t4-,5?/m0/s1. The van der Waals surface area contributed by atoms with E-state index in [-0.39, 0.29) is 0 Å². The van der Waals surface area contributed by atoms with Crippen molar-refractivity contribution in [2.24, 2.45) is 5.92 Å². The fourth-order valence-electron chi connectivity index (χ4n) is 0.578. The molecule has 0 aliphatic carbocycles. The summed E-state index contributed by atoms with van der Waals surface area (Å²) in [7, 11) is -4.48. The molecular weight excluding hydrogens is 241 g/mol. The summed E-state index contributed by atoms with van der Waals surface area (Å²) in [6.07, 6.45) is -1.38. The molecule has 1 N–H and O–H groups in total. The number of rotatable bonds is 5. The van der Waals surface area contributed by atoms with Gasteiger partial charge in [0.2, 0.25) is 0 Å². The predicted molar refractivity (Wildman–Crippen MR) is 43.1 cm³/mol. The average molecular weight is 252 g/mol. The summed E-state index contributed by atoms with van der Waals surface area (Å²) in [5.41, 5.74) is -5.45. The number of hydrogen-bond donors (Lipinski definition) is 1. The Bertz CT molecular complexity index is 286. The van der Waals surface area contributed by atoms with E-state index in [0.29, 0.717) is 0 Å². The molecule has 2 atom stereocenters. The zero-order valence-corrected chi connectivity index (χ0v) is 8.80. The van der Waals surface area contributed by atoms with Crippen LogP contribution in [0.2, 0.25) is 0 Å². The van der Waals surface area contributed by atoms with Crippen LogP contribution in [0.5, 0.6) is 0 Å². The molecular formula is C6H11F3O5S. The zero-order valence-electron chi connectivity index (χ0n) is 7.98. The zero-order chi connectivity index (χ0) is 12.3. The molecule has 9 heteroatoms. The van der Waals surface area contributed by atoms with Crippen LogP contribution in [0.15, 0.2) is 0 Å². The van der Waals surface area contributed by atoms with Gasteiger partial charge in [-0.25, -0.2) is 0 Å². The monoisotopic (exact) mass is 252 g/mol. The van der Waals surface area contributed by atoms with E-state index in [2.05, 4.69) is 8.92 Å². The number of aliphatic hydroxyl groups is 1. The van der Waals surface area contributed by atoms with Crippen LogP contribution < -0.4 is 0 Å². The Kier molecular flexibility index (Phi) is 4.97. The maximum Gasteiger partial charge on any atom is 0.523 e. The Labute approximate surface area is 84.9 Å². The van der Waals surface area contributed by atoms with Crippen molar-refractivity contribution >= 4 is 10.1 Å². The molecule has 0 radical (unpaired) electrons. The number of halogens is 3. The van der Waals surface area contributed by atoms with Gasteiger partial charge in [0.25, 0.3) is 0 Å². The van der Waals surface area contributed by atoms with Crippen LogP contribution in [0.3, 0.4) is 0 Å². The summed E-state index contributed by atoms with van der Waals surface area (Å²) in [6, 6.07) is 0. The number of aliphatic hydroxyl groups excluding tert-OH is 1. The molecule has 0 heterocycles. The lowest BCUT2D eigenvalue weighted by molar-refractivity contribution is -0.117. The number of alkyl halides is 3. The molecule has 0 aliphatic rings. The second kappa shape index (κ2) is 5.10. The molecule has 0 rings (SSSR count). The summed E-state index contributed by atoms with van der Waals surface area (Å²) in [5, 5.41) is 8.95. The normalized spacial score (nSPS) is 17.5. The molecule has 1 unspecified atom stereocenters. The van der Waals surface area contributed by atoms with Gasteiger partial charge in [-0.2, -0.15) is 21.6 Å². The van der Waals surface area contributed by atoms with Gasteiger partial charge in [-0.05, 0) is 0 Å². The van der Waals surface area contributed by atoms with Crippen molar-refractivity contribution < 1.29 is 35.6 Å². The van der Waals surface area contributed by atoms with Crippen molar-refractivity contribution in [3.05, 3.63) is 0 Å². The van der Waals surface area contributed by atoms with Crippen molar-refractivity contribution in [2.75, 3.05) is 13.7 Å². The van der Waals surface area contributed by atoms with Gasteiger partial charge in [0, 0.05) is 13.0 Å². The molecule has 0 aromatic carbocycles. The Balaban J connectivity index is 4.29. The molecule has 0 amide bonds. The van der Waals surface area contributed by atoms with Crippen molar-refractivity contribution in [3.63, 3.8) is 0 Å². The third-order valence-corrected chi connectivity index (χ3v) is 2.51. The second-order valence-electron chi connectivity index (χ2n) is 2.79. The van der Waals surface area contributed by atoms with Crippen LogP contribution in [-0.4, -0.2) is 39.0 Å². The first-order chi connectivity index (χ1) is 6.62. The lowest BCUT2D eigenvalue weighted by Gasteiger charge is -2.17. The van der Waals surface area contributed by atoms with Gasteiger partial charge in [0.1, 0.15) is 0 Å². The first kappa shape index (κ1) is 14.6. The highest BCUT2D eigenvalue weighted by atomic mass is 32.2. The third kappa shape index (κ3) is 4.33. The van der Waals surface area contributed by atoms with Crippen LogP contribution in [-0.2, 0) is 19.0 Å². The van der Waals surface area contributed by atoms with E-state index in [1.165, 1.54) is 6.92 Å². The lowest BCUT2D eigenvalue weighted by atomic mass is 10.2. The van der Waals surface area contributed by atoms with E-state index in [1.807, 2.05) is 0 Å². The fourth-order valence-corrected chi connectivity index (χ4v) is 1.11. The van der Waals surface area contributed by atoms with Crippen molar-refractivity contribution in [3.8, 4) is 0 Å². The van der Waals surface area contributed by atoms with Crippen molar-refractivity contribution in [1.29, 1.82) is 0 Å². The molecule has 0 bridgehead atoms. The van der Waals surface area contributed by atoms with Crippen LogP contribution in [0.25, 0.3) is 0 Å². The lowest BCUT2D eigenvalue weighted by Crippen LogP contribution is -2.30. The highest BCUT2D eigenvalue weighted by Gasteiger charge is 2.47. The van der Waals surface area contributed by atoms with E-state index in [0.717, 1.165) is 7.11 Å². The first-order valence-corrected chi connectivity index (χ1v) is 5.19. The summed E-state index contributed by atoms with van der Waals surface area (Å²) in [5.74, 6) is -0.896. The van der Waals surface area contributed by atoms with Gasteiger partial charge in [-0.1, -0.05) is 6.92 Å². The van der Waals surface area contributed by atoms with E-state index in [4.69, 9.17) is 5.11 Å². The minimum absolute atomic E-state index is 0.809. The van der Waals surface area contributed by atoms with Crippen LogP contribution in [0, 0.1) is 5.92 Å². The molecule has 0 fully saturated rings. The quantitative estimate of drug-likeness (QED) is 0.437. The SMILES string of the molecule is COC(O)[C@@H](C)COS(=O)(=O)C(F)(F)F. The number of methoxy groups -OCH3 is 1. The van der Waals surface area contributed by atoms with Gasteiger partial charge in [-0.3, -0.25) is 4.18 Å². The second-order valence-corrected chi connectivity index (χ2v) is 4.39. The van der Waals surface area contributed by atoms with Gasteiger partial charge < -0.3 is 9.84 Å². The van der Waals surface area contributed by atoms with E-state index >= 15 is 0 Å². The first-order valence-electron chi connectivity index (χ1n) is 3.78. The Morgan fingerprint density at radius 2 is 1.87 bits per heavy atom. The molecule has 15 heavy (non-hydrogen) atoms.